The van der Waals surface area contributed by atoms with Crippen LogP contribution in [0, 0.1) is 0 Å². The summed E-state index contributed by atoms with van der Waals surface area (Å²) >= 11 is 0. The van der Waals surface area contributed by atoms with Crippen molar-refractivity contribution in [3.05, 3.63) is 0 Å². The van der Waals surface area contributed by atoms with Gasteiger partial charge in [0.25, 0.3) is 0 Å². The van der Waals surface area contributed by atoms with E-state index in [0.717, 1.165) is 32.1 Å². The maximum Gasteiger partial charge on any atom is 1.00 e. The zero-order valence-electron chi connectivity index (χ0n) is 7.25. The molecule has 66 valence electrons. The van der Waals surface area contributed by atoms with Crippen molar-refractivity contribution in [1.29, 1.82) is 0 Å². The summed E-state index contributed by atoms with van der Waals surface area (Å²) in [5.41, 5.74) is 0. The quantitative estimate of drug-likeness (QED) is 0.406. The van der Waals surface area contributed by atoms with Gasteiger partial charge < -0.3 is 4.55 Å². The number of hydrogen-bond donors (Lipinski definition) is 1. The molecule has 0 aromatic rings. The molecule has 1 saturated carbocycles. The van der Waals surface area contributed by atoms with E-state index in [0.29, 0.717) is 0 Å². The number of nitrogens with one attached hydrogen (secondary N) is 1. The molecule has 1 rings (SSSR count). The zero-order valence-corrected chi connectivity index (χ0v) is 11.2. The molecule has 0 heterocycles. The number of rotatable bonds is 2. The van der Waals surface area contributed by atoms with Crippen molar-refractivity contribution in [3.8, 4) is 0 Å². The van der Waals surface area contributed by atoms with Crippen LogP contribution in [-0.4, -0.2) is 19.0 Å². The van der Waals surface area contributed by atoms with E-state index in [1.54, 1.807) is 0 Å². The summed E-state index contributed by atoms with van der Waals surface area (Å²) in [6.45, 7) is 0. The van der Waals surface area contributed by atoms with E-state index < -0.39 is 10.3 Å². The Balaban J connectivity index is 0.00000121. The van der Waals surface area contributed by atoms with Crippen molar-refractivity contribution < 1.29 is 64.4 Å². The summed E-state index contributed by atoms with van der Waals surface area (Å²) in [6, 6.07) is -0.105. The number of hydrogen-bond acceptors (Lipinski definition) is 3. The molecule has 0 aliphatic heterocycles. The van der Waals surface area contributed by atoms with Crippen LogP contribution in [0.5, 0.6) is 0 Å². The Hall–Kier alpha value is 1.51. The van der Waals surface area contributed by atoms with E-state index >= 15 is 0 Å². The SMILES string of the molecule is O=S(=O)([O-])NC1CCCCC1.[K+]. The molecule has 0 bridgehead atoms. The average molecular weight is 217 g/mol. The fraction of sp³-hybridized carbons (Fsp3) is 1.00. The summed E-state index contributed by atoms with van der Waals surface area (Å²) in [7, 11) is -4.22. The molecular formula is C6H12KNO3S. The minimum atomic E-state index is -4.22. The average Bonchev–Trinajstić information content (AvgIpc) is 1.85. The second-order valence-electron chi connectivity index (χ2n) is 2.91. The third-order valence-corrected chi connectivity index (χ3v) is 2.54. The van der Waals surface area contributed by atoms with Crippen LogP contribution in [0.4, 0.5) is 0 Å². The van der Waals surface area contributed by atoms with Gasteiger partial charge in [-0.2, -0.15) is 0 Å². The molecule has 12 heavy (non-hydrogen) atoms. The third kappa shape index (κ3) is 6.04. The van der Waals surface area contributed by atoms with Gasteiger partial charge in [-0.05, 0) is 12.8 Å². The fourth-order valence-corrected chi connectivity index (χ4v) is 2.07. The van der Waals surface area contributed by atoms with Crippen LogP contribution < -0.4 is 56.1 Å². The van der Waals surface area contributed by atoms with Crippen molar-refractivity contribution in [2.45, 2.75) is 38.1 Å². The van der Waals surface area contributed by atoms with Crippen LogP contribution in [0.2, 0.25) is 0 Å². The first-order valence-electron chi connectivity index (χ1n) is 3.81. The zero-order chi connectivity index (χ0) is 8.32. The van der Waals surface area contributed by atoms with Crippen molar-refractivity contribution in [2.24, 2.45) is 0 Å². The Morgan fingerprint density at radius 2 is 1.67 bits per heavy atom. The van der Waals surface area contributed by atoms with Gasteiger partial charge in [0, 0.05) is 6.04 Å². The van der Waals surface area contributed by atoms with Crippen LogP contribution in [-0.2, 0) is 10.3 Å². The Morgan fingerprint density at radius 3 is 2.08 bits per heavy atom. The largest absolute Gasteiger partial charge is 1.00 e. The molecule has 0 saturated heterocycles. The van der Waals surface area contributed by atoms with Gasteiger partial charge in [-0.15, -0.1) is 0 Å². The van der Waals surface area contributed by atoms with Crippen LogP contribution in [0.15, 0.2) is 0 Å². The molecule has 0 atom stereocenters. The van der Waals surface area contributed by atoms with Gasteiger partial charge in [-0.25, -0.2) is 13.1 Å². The third-order valence-electron chi connectivity index (χ3n) is 1.92. The molecule has 0 radical (unpaired) electrons. The van der Waals surface area contributed by atoms with E-state index in [9.17, 15) is 13.0 Å². The van der Waals surface area contributed by atoms with Crippen molar-refractivity contribution in [1.82, 2.24) is 4.72 Å². The van der Waals surface area contributed by atoms with Gasteiger partial charge in [0.05, 0.1) is 0 Å². The van der Waals surface area contributed by atoms with E-state index in [1.165, 1.54) is 0 Å². The van der Waals surface area contributed by atoms with Crippen molar-refractivity contribution in [2.75, 3.05) is 0 Å². The van der Waals surface area contributed by atoms with Crippen LogP contribution in [0.3, 0.4) is 0 Å². The monoisotopic (exact) mass is 217 g/mol. The van der Waals surface area contributed by atoms with Crippen LogP contribution in [0.1, 0.15) is 32.1 Å². The minimum absolute atomic E-state index is 0. The molecule has 0 aromatic carbocycles. The second kappa shape index (κ2) is 6.08. The molecule has 1 fully saturated rings. The first kappa shape index (κ1) is 13.5. The molecule has 0 aromatic heterocycles. The second-order valence-corrected chi connectivity index (χ2v) is 4.05. The summed E-state index contributed by atoms with van der Waals surface area (Å²) in [4.78, 5) is 0. The van der Waals surface area contributed by atoms with Crippen LogP contribution >= 0.6 is 0 Å². The van der Waals surface area contributed by atoms with Crippen molar-refractivity contribution >= 4 is 10.3 Å². The molecule has 1 aliphatic carbocycles. The summed E-state index contributed by atoms with van der Waals surface area (Å²) in [6.07, 6.45) is 4.81. The first-order chi connectivity index (χ1) is 5.08. The molecule has 1 N–H and O–H groups in total. The summed E-state index contributed by atoms with van der Waals surface area (Å²) in [5.74, 6) is 0. The molecule has 1 aliphatic rings. The molecular weight excluding hydrogens is 205 g/mol. The van der Waals surface area contributed by atoms with Gasteiger partial charge in [-0.1, -0.05) is 19.3 Å². The Kier molecular flexibility index (Phi) is 6.84. The Morgan fingerprint density at radius 1 is 1.17 bits per heavy atom. The van der Waals surface area contributed by atoms with Crippen LogP contribution in [0.25, 0.3) is 0 Å². The van der Waals surface area contributed by atoms with Gasteiger partial charge in [0.1, 0.15) is 0 Å². The standard InChI is InChI=1S/C6H13NO3S.K/c8-11(9,10)7-6-4-2-1-3-5-6;/h6-7H,1-5H2,(H,8,9,10);/q;+1/p-1. The maximum absolute atomic E-state index is 10.2. The van der Waals surface area contributed by atoms with Gasteiger partial charge >= 0.3 is 51.4 Å². The molecule has 6 heteroatoms. The molecule has 0 unspecified atom stereocenters. The summed E-state index contributed by atoms with van der Waals surface area (Å²) < 4.78 is 32.8. The van der Waals surface area contributed by atoms with Gasteiger partial charge in [-0.3, -0.25) is 0 Å². The van der Waals surface area contributed by atoms with Gasteiger partial charge in [0.15, 0.2) is 10.3 Å². The van der Waals surface area contributed by atoms with E-state index in [1.807, 2.05) is 0 Å². The summed E-state index contributed by atoms with van der Waals surface area (Å²) in [5, 5.41) is 0. The predicted octanol–water partition coefficient (Wildman–Crippen LogP) is -2.63. The molecule has 0 amide bonds. The Labute approximate surface area is 116 Å². The van der Waals surface area contributed by atoms with Crippen molar-refractivity contribution in [3.63, 3.8) is 0 Å². The molecule has 4 nitrogen and oxygen atoms in total. The smallest absolute Gasteiger partial charge is 0.735 e. The minimum Gasteiger partial charge on any atom is -0.735 e. The van der Waals surface area contributed by atoms with Gasteiger partial charge in [0.2, 0.25) is 0 Å². The predicted molar refractivity (Wildman–Crippen MR) is 39.7 cm³/mol. The van der Waals surface area contributed by atoms with E-state index in [2.05, 4.69) is 4.72 Å². The first-order valence-corrected chi connectivity index (χ1v) is 5.22. The Bertz CT molecular complexity index is 211. The molecule has 0 spiro atoms. The van der Waals surface area contributed by atoms with E-state index in [4.69, 9.17) is 0 Å². The van der Waals surface area contributed by atoms with E-state index in [-0.39, 0.29) is 57.4 Å². The maximum atomic E-state index is 10.2. The normalized spacial score (nSPS) is 20.1. The fourth-order valence-electron chi connectivity index (χ4n) is 1.42. The topological polar surface area (TPSA) is 69.2 Å².